The standard InChI is InChI=1S/C4H3S.CN.Cu.Li/c1-2-4-5-3-1;1-2;;/h1-3H;;;/q;-1;;+1. The second kappa shape index (κ2) is 5.20. The van der Waals surface area contributed by atoms with E-state index >= 15 is 0 Å². The summed E-state index contributed by atoms with van der Waals surface area (Å²) < 4.78 is 3.04. The van der Waals surface area contributed by atoms with Crippen LogP contribution in [-0.4, -0.2) is 4.71 Å². The van der Waals surface area contributed by atoms with Crippen molar-refractivity contribution in [1.29, 1.82) is 0 Å². The fraction of sp³-hybridized carbons (Fsp3) is 0. The van der Waals surface area contributed by atoms with Gasteiger partial charge in [0.05, 0.1) is 0 Å². The van der Waals surface area contributed by atoms with Crippen molar-refractivity contribution in [2.24, 2.45) is 0 Å². The first-order valence-electron chi connectivity index (χ1n) is 1.92. The molecule has 0 aliphatic carbocycles. The van der Waals surface area contributed by atoms with Gasteiger partial charge in [-0.2, -0.15) is 0 Å². The third-order valence-corrected chi connectivity index (χ3v) is 2.29. The SMILES string of the molecule is [Li+].[N-]=[C]=[Cu][c]1cccs1. The van der Waals surface area contributed by atoms with E-state index in [4.69, 9.17) is 5.41 Å². The fourth-order valence-corrected chi connectivity index (χ4v) is 1.54. The Bertz CT molecular complexity index is 203. The molecule has 0 fully saturated rings. The minimum absolute atomic E-state index is 0. The van der Waals surface area contributed by atoms with E-state index in [1.807, 2.05) is 22.2 Å². The fourth-order valence-electron chi connectivity index (χ4n) is 0.322. The molecular weight excluding hydrogens is 177 g/mol. The van der Waals surface area contributed by atoms with Crippen LogP contribution >= 0.6 is 11.3 Å². The van der Waals surface area contributed by atoms with Crippen LogP contribution in [0.2, 0.25) is 0 Å². The Labute approximate surface area is 75.9 Å². The summed E-state index contributed by atoms with van der Waals surface area (Å²) in [5.41, 5.74) is 0. The Morgan fingerprint density at radius 2 is 2.44 bits per heavy atom. The maximum absolute atomic E-state index is 8.15. The van der Waals surface area contributed by atoms with Crippen molar-refractivity contribution in [2.45, 2.75) is 0 Å². The zero-order valence-corrected chi connectivity index (χ0v) is 6.65. The maximum atomic E-state index is 8.15. The molecule has 0 spiro atoms. The molecule has 1 rings (SSSR count). The molecule has 9 heavy (non-hydrogen) atoms. The Morgan fingerprint density at radius 1 is 1.67 bits per heavy atom. The van der Waals surface area contributed by atoms with E-state index in [1.165, 1.54) is 14.5 Å². The Morgan fingerprint density at radius 3 is 2.89 bits per heavy atom. The number of hydrogen-bond acceptors (Lipinski definition) is 1. The molecule has 0 unspecified atom stereocenters. The third kappa shape index (κ3) is 3.18. The molecule has 0 radical (unpaired) electrons. The normalized spacial score (nSPS) is 8.00. The molecule has 0 saturated carbocycles. The summed E-state index contributed by atoms with van der Waals surface area (Å²) in [6.07, 6.45) is 0. The third-order valence-electron chi connectivity index (χ3n) is 0.573. The van der Waals surface area contributed by atoms with Gasteiger partial charge >= 0.3 is 76.1 Å². The molecule has 0 amide bonds. The van der Waals surface area contributed by atoms with Crippen LogP contribution in [0.3, 0.4) is 0 Å². The molecular formula is C5H3CuLiNS. The van der Waals surface area contributed by atoms with Gasteiger partial charge in [0, 0.05) is 0 Å². The predicted molar refractivity (Wildman–Crippen MR) is 32.3 cm³/mol. The first-order valence-corrected chi connectivity index (χ1v) is 3.74. The Balaban J connectivity index is 0.000000640. The summed E-state index contributed by atoms with van der Waals surface area (Å²) >= 11 is 2.87. The molecule has 0 aliphatic heterocycles. The summed E-state index contributed by atoms with van der Waals surface area (Å²) in [7, 11) is 0. The van der Waals surface area contributed by atoms with Crippen LogP contribution in [0, 0.1) is 0 Å². The molecule has 0 bridgehead atoms. The molecule has 1 heterocycles. The van der Waals surface area contributed by atoms with E-state index in [0.717, 1.165) is 3.78 Å². The number of rotatable bonds is 1. The zero-order chi connectivity index (χ0) is 5.82. The van der Waals surface area contributed by atoms with Crippen molar-refractivity contribution in [3.8, 4) is 0 Å². The summed E-state index contributed by atoms with van der Waals surface area (Å²) in [6.45, 7) is 0. The van der Waals surface area contributed by atoms with E-state index in [2.05, 4.69) is 0 Å². The molecule has 0 N–H and O–H groups in total. The van der Waals surface area contributed by atoms with Gasteiger partial charge in [0.25, 0.3) is 0 Å². The first-order chi connectivity index (χ1) is 3.93. The van der Waals surface area contributed by atoms with Gasteiger partial charge in [-0.15, -0.1) is 0 Å². The second-order valence-electron chi connectivity index (χ2n) is 1.02. The monoisotopic (exact) mass is 179 g/mol. The summed E-state index contributed by atoms with van der Waals surface area (Å²) in [5.74, 6) is 0. The van der Waals surface area contributed by atoms with Gasteiger partial charge in [0.2, 0.25) is 0 Å². The van der Waals surface area contributed by atoms with Gasteiger partial charge in [0.15, 0.2) is 0 Å². The molecule has 1 nitrogen and oxygen atoms in total. The molecule has 1 aromatic rings. The van der Waals surface area contributed by atoms with Gasteiger partial charge in [-0.05, 0) is 0 Å². The van der Waals surface area contributed by atoms with Crippen LogP contribution in [0.1, 0.15) is 0 Å². The van der Waals surface area contributed by atoms with E-state index in [9.17, 15) is 0 Å². The van der Waals surface area contributed by atoms with Crippen molar-refractivity contribution in [3.63, 3.8) is 0 Å². The minimum atomic E-state index is 0. The van der Waals surface area contributed by atoms with Gasteiger partial charge in [-0.25, -0.2) is 0 Å². The van der Waals surface area contributed by atoms with Crippen molar-refractivity contribution in [1.82, 2.24) is 0 Å². The number of thiophene rings is 1. The Hall–Kier alpha value is 0.397. The van der Waals surface area contributed by atoms with Gasteiger partial charge < -0.3 is 0 Å². The molecule has 0 atom stereocenters. The second-order valence-corrected chi connectivity index (χ2v) is 3.18. The van der Waals surface area contributed by atoms with E-state index in [0.29, 0.717) is 0 Å². The van der Waals surface area contributed by atoms with Gasteiger partial charge in [0.1, 0.15) is 0 Å². The molecule has 0 aliphatic rings. The van der Waals surface area contributed by atoms with Crippen LogP contribution < -0.4 is 22.6 Å². The van der Waals surface area contributed by atoms with Crippen LogP contribution in [0.15, 0.2) is 17.5 Å². The topological polar surface area (TPSA) is 22.3 Å². The van der Waals surface area contributed by atoms with Crippen LogP contribution in [0.25, 0.3) is 5.41 Å². The molecule has 0 aromatic carbocycles. The van der Waals surface area contributed by atoms with Crippen LogP contribution in [0.5, 0.6) is 0 Å². The summed E-state index contributed by atoms with van der Waals surface area (Å²) in [6, 6.07) is 3.86. The molecule has 1 aromatic heterocycles. The van der Waals surface area contributed by atoms with Crippen LogP contribution in [0.4, 0.5) is 0 Å². The van der Waals surface area contributed by atoms with Crippen molar-refractivity contribution in [2.75, 3.05) is 0 Å². The van der Waals surface area contributed by atoms with Crippen LogP contribution in [-0.2, 0) is 14.5 Å². The van der Waals surface area contributed by atoms with Gasteiger partial charge in [-0.1, -0.05) is 0 Å². The molecule has 0 saturated heterocycles. The van der Waals surface area contributed by atoms with E-state index < -0.39 is 0 Å². The van der Waals surface area contributed by atoms with Gasteiger partial charge in [-0.3, -0.25) is 0 Å². The number of hydrogen-bond donors (Lipinski definition) is 0. The predicted octanol–water partition coefficient (Wildman–Crippen LogP) is -2.07. The molecule has 46 valence electrons. The number of nitrogens with zero attached hydrogens (tertiary/aromatic N) is 1. The van der Waals surface area contributed by atoms with Crippen molar-refractivity contribution < 1.29 is 33.4 Å². The van der Waals surface area contributed by atoms with Crippen molar-refractivity contribution in [3.05, 3.63) is 22.9 Å². The quantitative estimate of drug-likeness (QED) is 0.350. The molecule has 4 heteroatoms. The summed E-state index contributed by atoms with van der Waals surface area (Å²) in [4.78, 5) is 0. The average molecular weight is 180 g/mol. The zero-order valence-electron chi connectivity index (χ0n) is 4.89. The Kier molecular flexibility index (Phi) is 5.43. The van der Waals surface area contributed by atoms with E-state index in [-0.39, 0.29) is 18.9 Å². The van der Waals surface area contributed by atoms with Crippen molar-refractivity contribution >= 4 is 19.8 Å². The average Bonchev–Trinajstić information content (AvgIpc) is 2.19. The summed E-state index contributed by atoms with van der Waals surface area (Å²) in [5, 5.41) is 10.1. The first kappa shape index (κ1) is 9.40. The van der Waals surface area contributed by atoms with E-state index in [1.54, 1.807) is 11.3 Å².